The Labute approximate surface area is 238 Å². The summed E-state index contributed by atoms with van der Waals surface area (Å²) in [4.78, 5) is 33.2. The Morgan fingerprint density at radius 1 is 0.875 bits per heavy atom. The highest BCUT2D eigenvalue weighted by Gasteiger charge is 2.35. The topological polar surface area (TPSA) is 71.0 Å². The normalized spacial score (nSPS) is 15.1. The highest BCUT2D eigenvalue weighted by molar-refractivity contribution is 8.19. The van der Waals surface area contributed by atoms with Crippen molar-refractivity contribution in [3.63, 3.8) is 0 Å². The molecule has 7 heteroatoms. The molecule has 5 rings (SSSR count). The number of hydrogen-bond donors (Lipinski definition) is 1. The number of para-hydroxylation sites is 1. The standard InChI is InChI=1S/C33H29N3O3S/c1-22-11-15-26(16-12-22)35-33-36(28-17-13-23(2)14-18-28)32(38)30(40-33)20-25-8-4-5-10-29(25)39-21-31(37)34-27-9-6-7-24(3)19-27/h4-20H,21H2,1-3H3,(H,34,37)/b30-20-,35-33?. The van der Waals surface area contributed by atoms with E-state index in [-0.39, 0.29) is 18.4 Å². The molecule has 6 nitrogen and oxygen atoms in total. The largest absolute Gasteiger partial charge is 0.483 e. The van der Waals surface area contributed by atoms with Crippen molar-refractivity contribution >= 4 is 51.9 Å². The second-order valence-electron chi connectivity index (χ2n) is 9.56. The third-order valence-electron chi connectivity index (χ3n) is 6.22. The zero-order valence-electron chi connectivity index (χ0n) is 22.5. The van der Waals surface area contributed by atoms with Gasteiger partial charge < -0.3 is 10.1 Å². The second kappa shape index (κ2) is 12.1. The zero-order chi connectivity index (χ0) is 28.1. The van der Waals surface area contributed by atoms with Crippen LogP contribution in [0.3, 0.4) is 0 Å². The molecule has 0 aliphatic carbocycles. The number of nitrogens with one attached hydrogen (secondary N) is 1. The molecule has 0 atom stereocenters. The number of amides is 2. The molecule has 2 amide bonds. The monoisotopic (exact) mass is 547 g/mol. The number of carbonyl (C=O) groups is 2. The van der Waals surface area contributed by atoms with Crippen molar-refractivity contribution in [3.8, 4) is 5.75 Å². The van der Waals surface area contributed by atoms with Gasteiger partial charge in [0.1, 0.15) is 5.75 Å². The first-order valence-corrected chi connectivity index (χ1v) is 13.7. The Morgan fingerprint density at radius 3 is 2.30 bits per heavy atom. The molecule has 0 saturated carbocycles. The third kappa shape index (κ3) is 6.50. The van der Waals surface area contributed by atoms with Crippen molar-refractivity contribution in [2.75, 3.05) is 16.8 Å². The molecule has 40 heavy (non-hydrogen) atoms. The lowest BCUT2D eigenvalue weighted by Gasteiger charge is -2.16. The first kappa shape index (κ1) is 27.0. The summed E-state index contributed by atoms with van der Waals surface area (Å²) in [5.41, 5.74) is 6.22. The fourth-order valence-corrected chi connectivity index (χ4v) is 5.13. The van der Waals surface area contributed by atoms with Crippen LogP contribution in [-0.4, -0.2) is 23.6 Å². The quantitative estimate of drug-likeness (QED) is 0.244. The third-order valence-corrected chi connectivity index (χ3v) is 7.19. The van der Waals surface area contributed by atoms with Crippen molar-refractivity contribution in [2.45, 2.75) is 20.8 Å². The molecule has 0 radical (unpaired) electrons. The van der Waals surface area contributed by atoms with Crippen LogP contribution >= 0.6 is 11.8 Å². The van der Waals surface area contributed by atoms with E-state index in [2.05, 4.69) is 5.32 Å². The first-order chi connectivity index (χ1) is 19.4. The second-order valence-corrected chi connectivity index (χ2v) is 10.6. The number of carbonyl (C=O) groups excluding carboxylic acids is 2. The van der Waals surface area contributed by atoms with Crippen LogP contribution in [0.5, 0.6) is 5.75 Å². The van der Waals surface area contributed by atoms with E-state index in [9.17, 15) is 9.59 Å². The molecule has 0 aromatic heterocycles. The summed E-state index contributed by atoms with van der Waals surface area (Å²) >= 11 is 1.31. The number of benzene rings is 4. The van der Waals surface area contributed by atoms with Gasteiger partial charge in [0.2, 0.25) is 0 Å². The maximum absolute atomic E-state index is 13.7. The summed E-state index contributed by atoms with van der Waals surface area (Å²) < 4.78 is 5.88. The fourth-order valence-electron chi connectivity index (χ4n) is 4.14. The SMILES string of the molecule is Cc1ccc(N=C2S/C(=C\c3ccccc3OCC(=O)Nc3cccc(C)c3)C(=O)N2c2ccc(C)cc2)cc1. The molecule has 1 aliphatic rings. The van der Waals surface area contributed by atoms with Crippen molar-refractivity contribution in [2.24, 2.45) is 4.99 Å². The van der Waals surface area contributed by atoms with E-state index in [0.717, 1.165) is 28.1 Å². The molecule has 1 saturated heterocycles. The van der Waals surface area contributed by atoms with E-state index < -0.39 is 0 Å². The Morgan fingerprint density at radius 2 is 1.57 bits per heavy atom. The van der Waals surface area contributed by atoms with E-state index in [4.69, 9.17) is 9.73 Å². The summed E-state index contributed by atoms with van der Waals surface area (Å²) in [6.45, 7) is 5.84. The van der Waals surface area contributed by atoms with E-state index in [1.54, 1.807) is 17.0 Å². The maximum atomic E-state index is 13.7. The molecule has 0 bridgehead atoms. The summed E-state index contributed by atoms with van der Waals surface area (Å²) in [5, 5.41) is 3.42. The molecule has 1 N–H and O–H groups in total. The fraction of sp³-hybridized carbons (Fsp3) is 0.121. The lowest BCUT2D eigenvalue weighted by molar-refractivity contribution is -0.118. The molecular formula is C33H29N3O3S. The highest BCUT2D eigenvalue weighted by Crippen LogP contribution is 2.38. The van der Waals surface area contributed by atoms with Crippen LogP contribution in [0.25, 0.3) is 6.08 Å². The van der Waals surface area contributed by atoms with Gasteiger partial charge in [-0.15, -0.1) is 0 Å². The van der Waals surface area contributed by atoms with E-state index in [1.165, 1.54) is 11.8 Å². The van der Waals surface area contributed by atoms with Gasteiger partial charge in [0.25, 0.3) is 11.8 Å². The predicted molar refractivity (Wildman–Crippen MR) is 164 cm³/mol. The molecule has 1 fully saturated rings. The van der Waals surface area contributed by atoms with Crippen LogP contribution in [0, 0.1) is 20.8 Å². The van der Waals surface area contributed by atoms with E-state index >= 15 is 0 Å². The lowest BCUT2D eigenvalue weighted by Crippen LogP contribution is -2.28. The van der Waals surface area contributed by atoms with Crippen molar-refractivity contribution in [3.05, 3.63) is 124 Å². The number of ether oxygens (including phenoxy) is 1. The molecule has 1 aliphatic heterocycles. The van der Waals surface area contributed by atoms with Crippen LogP contribution in [0.15, 0.2) is 107 Å². The minimum atomic E-state index is -0.266. The number of hydrogen-bond acceptors (Lipinski definition) is 5. The van der Waals surface area contributed by atoms with Crippen LogP contribution in [0.1, 0.15) is 22.3 Å². The van der Waals surface area contributed by atoms with Gasteiger partial charge in [0.15, 0.2) is 11.8 Å². The van der Waals surface area contributed by atoms with E-state index in [0.29, 0.717) is 27.1 Å². The molecule has 4 aromatic carbocycles. The van der Waals surface area contributed by atoms with Crippen molar-refractivity contribution in [1.82, 2.24) is 0 Å². The van der Waals surface area contributed by atoms with Crippen LogP contribution in [0.4, 0.5) is 17.1 Å². The van der Waals surface area contributed by atoms with Gasteiger partial charge in [-0.1, -0.05) is 65.7 Å². The number of anilines is 2. The number of thioether (sulfide) groups is 1. The van der Waals surface area contributed by atoms with Crippen molar-refractivity contribution < 1.29 is 14.3 Å². The summed E-state index contributed by atoms with van der Waals surface area (Å²) in [6, 6.07) is 30.6. The Balaban J connectivity index is 1.40. The number of aliphatic imine (C=N–C) groups is 1. The van der Waals surface area contributed by atoms with E-state index in [1.807, 2.05) is 112 Å². The minimum Gasteiger partial charge on any atom is -0.483 e. The predicted octanol–water partition coefficient (Wildman–Crippen LogP) is 7.44. The first-order valence-electron chi connectivity index (χ1n) is 12.9. The zero-order valence-corrected chi connectivity index (χ0v) is 23.4. The van der Waals surface area contributed by atoms with Gasteiger partial charge in [-0.2, -0.15) is 0 Å². The van der Waals surface area contributed by atoms with Gasteiger partial charge in [0.05, 0.1) is 16.3 Å². The summed E-state index contributed by atoms with van der Waals surface area (Å²) in [7, 11) is 0. The van der Waals surface area contributed by atoms with Crippen molar-refractivity contribution in [1.29, 1.82) is 0 Å². The highest BCUT2D eigenvalue weighted by atomic mass is 32.2. The van der Waals surface area contributed by atoms with Gasteiger partial charge in [0, 0.05) is 11.3 Å². The lowest BCUT2D eigenvalue weighted by atomic mass is 10.1. The Bertz CT molecular complexity index is 1610. The smallest absolute Gasteiger partial charge is 0.271 e. The van der Waals surface area contributed by atoms with Crippen LogP contribution < -0.4 is 15.0 Å². The number of rotatable bonds is 7. The maximum Gasteiger partial charge on any atom is 0.271 e. The van der Waals surface area contributed by atoms with Gasteiger partial charge in [-0.05, 0) is 86.6 Å². The van der Waals surface area contributed by atoms with Gasteiger partial charge in [-0.3, -0.25) is 14.5 Å². The molecule has 0 unspecified atom stereocenters. The number of aryl methyl sites for hydroxylation is 3. The van der Waals surface area contributed by atoms with Gasteiger partial charge in [-0.25, -0.2) is 4.99 Å². The molecule has 200 valence electrons. The van der Waals surface area contributed by atoms with Crippen LogP contribution in [-0.2, 0) is 9.59 Å². The molecular weight excluding hydrogens is 518 g/mol. The minimum absolute atomic E-state index is 0.162. The summed E-state index contributed by atoms with van der Waals surface area (Å²) in [5.74, 6) is 0.0674. The Kier molecular flexibility index (Phi) is 8.12. The molecule has 4 aromatic rings. The average Bonchev–Trinajstić information content (AvgIpc) is 3.24. The van der Waals surface area contributed by atoms with Crippen LogP contribution in [0.2, 0.25) is 0 Å². The molecule has 0 spiro atoms. The van der Waals surface area contributed by atoms with Gasteiger partial charge >= 0.3 is 0 Å². The average molecular weight is 548 g/mol. The number of amidine groups is 1. The number of nitrogens with zero attached hydrogens (tertiary/aromatic N) is 2. The molecule has 1 heterocycles. The Hall–Kier alpha value is -4.62. The summed E-state index contributed by atoms with van der Waals surface area (Å²) in [6.07, 6.45) is 1.79.